The summed E-state index contributed by atoms with van der Waals surface area (Å²) in [5, 5.41) is 16.7. The molecule has 0 aliphatic rings. The largest absolute Gasteiger partial charge is 0.0610 e. The molecule has 0 nitrogen and oxygen atoms in total. The topological polar surface area (TPSA) is 0 Å². The third-order valence-electron chi connectivity index (χ3n) is 8.38. The Hall–Kier alpha value is -4.16. The third kappa shape index (κ3) is 2.88. The van der Waals surface area contributed by atoms with Crippen molar-refractivity contribution in [1.29, 1.82) is 0 Å². The van der Waals surface area contributed by atoms with E-state index in [4.69, 9.17) is 0 Å². The lowest BCUT2D eigenvalue weighted by atomic mass is 9.89. The molecule has 0 fully saturated rings. The first kappa shape index (κ1) is 20.1. The number of hydrogen-bond donors (Lipinski definition) is 0. The van der Waals surface area contributed by atoms with Crippen molar-refractivity contribution in [2.45, 2.75) is 25.7 Å². The second-order valence-corrected chi connectivity index (χ2v) is 10.4. The SMILES string of the molecule is c1cc2ccc3ccc(CCCCc4ccc5ccc6cccc7ccc4c5c67)c4ccc(c1)c2c34. The highest BCUT2D eigenvalue weighted by molar-refractivity contribution is 6.24. The van der Waals surface area contributed by atoms with Crippen LogP contribution in [-0.2, 0) is 12.8 Å². The van der Waals surface area contributed by atoms with Crippen LogP contribution in [0, 0.1) is 0 Å². The van der Waals surface area contributed by atoms with Crippen LogP contribution in [0.4, 0.5) is 0 Å². The summed E-state index contributed by atoms with van der Waals surface area (Å²) in [6, 6.07) is 41.1. The zero-order valence-corrected chi connectivity index (χ0v) is 20.2. The number of unbranched alkanes of at least 4 members (excludes halogenated alkanes) is 1. The minimum Gasteiger partial charge on any atom is -0.0610 e. The maximum atomic E-state index is 2.36. The second kappa shape index (κ2) is 7.67. The van der Waals surface area contributed by atoms with Crippen LogP contribution in [0.15, 0.2) is 109 Å². The zero-order chi connectivity index (χ0) is 23.6. The summed E-state index contributed by atoms with van der Waals surface area (Å²) in [6.07, 6.45) is 4.65. The number of hydrogen-bond acceptors (Lipinski definition) is 0. The molecule has 8 aromatic carbocycles. The van der Waals surface area contributed by atoms with E-state index in [-0.39, 0.29) is 0 Å². The highest BCUT2D eigenvalue weighted by Gasteiger charge is 2.12. The Morgan fingerprint density at radius 3 is 1.06 bits per heavy atom. The molecule has 8 aromatic rings. The molecule has 0 heterocycles. The highest BCUT2D eigenvalue weighted by atomic mass is 14.2. The average molecular weight is 459 g/mol. The first-order valence-corrected chi connectivity index (χ1v) is 13.2. The van der Waals surface area contributed by atoms with Gasteiger partial charge in [-0.1, -0.05) is 109 Å². The maximum absolute atomic E-state index is 2.36. The normalized spacial score (nSPS) is 12.3. The van der Waals surface area contributed by atoms with Gasteiger partial charge in [0.2, 0.25) is 0 Å². The van der Waals surface area contributed by atoms with Gasteiger partial charge in [0.15, 0.2) is 0 Å². The van der Waals surface area contributed by atoms with Gasteiger partial charge in [0.1, 0.15) is 0 Å². The fourth-order valence-corrected chi connectivity index (χ4v) is 6.66. The molecule has 0 aliphatic carbocycles. The van der Waals surface area contributed by atoms with Gasteiger partial charge in [-0.15, -0.1) is 0 Å². The molecule has 0 atom stereocenters. The van der Waals surface area contributed by atoms with Crippen molar-refractivity contribution in [3.63, 3.8) is 0 Å². The summed E-state index contributed by atoms with van der Waals surface area (Å²) in [5.41, 5.74) is 2.97. The predicted octanol–water partition coefficient (Wildman–Crippen LogP) is 10.0. The minimum absolute atomic E-state index is 1.13. The van der Waals surface area contributed by atoms with E-state index in [2.05, 4.69) is 109 Å². The van der Waals surface area contributed by atoms with Gasteiger partial charge in [0.25, 0.3) is 0 Å². The van der Waals surface area contributed by atoms with Gasteiger partial charge in [-0.25, -0.2) is 0 Å². The quantitative estimate of drug-likeness (QED) is 0.178. The van der Waals surface area contributed by atoms with E-state index in [9.17, 15) is 0 Å². The van der Waals surface area contributed by atoms with Crippen molar-refractivity contribution >= 4 is 64.6 Å². The fraction of sp³-hybridized carbons (Fsp3) is 0.111. The molecule has 0 amide bonds. The van der Waals surface area contributed by atoms with Gasteiger partial charge >= 0.3 is 0 Å². The maximum Gasteiger partial charge on any atom is -0.00240 e. The molecule has 8 rings (SSSR count). The molecule has 0 aliphatic heterocycles. The van der Waals surface area contributed by atoms with Crippen LogP contribution in [0.3, 0.4) is 0 Å². The van der Waals surface area contributed by atoms with Crippen LogP contribution < -0.4 is 0 Å². The molecule has 0 unspecified atom stereocenters. The van der Waals surface area contributed by atoms with E-state index >= 15 is 0 Å². The van der Waals surface area contributed by atoms with Crippen molar-refractivity contribution in [3.8, 4) is 0 Å². The Kier molecular flexibility index (Phi) is 4.28. The Morgan fingerprint density at radius 1 is 0.306 bits per heavy atom. The molecule has 0 heteroatoms. The van der Waals surface area contributed by atoms with Crippen LogP contribution in [0.1, 0.15) is 24.0 Å². The minimum atomic E-state index is 1.13. The Bertz CT molecular complexity index is 1860. The number of benzene rings is 8. The van der Waals surface area contributed by atoms with Crippen molar-refractivity contribution < 1.29 is 0 Å². The standard InChI is InChI=1S/C36H26/c1(5-23-11-13-29-17-15-25-7-3-9-27-19-21-31(23)35(29)33(25)27)2-6-24-12-14-30-18-16-26-8-4-10-28-20-22-32(24)36(30)34(26)28/h3-4,7-22H,1-2,5-6H2. The predicted molar refractivity (Wildman–Crippen MR) is 157 cm³/mol. The van der Waals surface area contributed by atoms with Crippen molar-refractivity contribution in [2.24, 2.45) is 0 Å². The summed E-state index contributed by atoms with van der Waals surface area (Å²) < 4.78 is 0. The monoisotopic (exact) mass is 458 g/mol. The lowest BCUT2D eigenvalue weighted by Crippen LogP contribution is -1.94. The molecule has 0 saturated heterocycles. The lowest BCUT2D eigenvalue weighted by Gasteiger charge is -2.15. The molecular formula is C36H26. The molecule has 0 radical (unpaired) electrons. The lowest BCUT2D eigenvalue weighted by molar-refractivity contribution is 0.739. The van der Waals surface area contributed by atoms with Gasteiger partial charge < -0.3 is 0 Å². The first-order chi connectivity index (χ1) is 17.8. The summed E-state index contributed by atoms with van der Waals surface area (Å²) in [7, 11) is 0. The summed E-state index contributed by atoms with van der Waals surface area (Å²) in [4.78, 5) is 0. The highest BCUT2D eigenvalue weighted by Crippen LogP contribution is 2.38. The summed E-state index contributed by atoms with van der Waals surface area (Å²) in [6.45, 7) is 0. The Labute approximate surface area is 210 Å². The molecule has 0 N–H and O–H groups in total. The third-order valence-corrected chi connectivity index (χ3v) is 8.38. The molecular weight excluding hydrogens is 432 g/mol. The van der Waals surface area contributed by atoms with Gasteiger partial charge in [-0.2, -0.15) is 0 Å². The van der Waals surface area contributed by atoms with Gasteiger partial charge in [-0.3, -0.25) is 0 Å². The van der Waals surface area contributed by atoms with Gasteiger partial charge in [-0.05, 0) is 101 Å². The molecule has 0 spiro atoms. The van der Waals surface area contributed by atoms with Crippen molar-refractivity contribution in [1.82, 2.24) is 0 Å². The van der Waals surface area contributed by atoms with Gasteiger partial charge in [0.05, 0.1) is 0 Å². The molecule has 0 bridgehead atoms. The van der Waals surface area contributed by atoms with Crippen molar-refractivity contribution in [2.75, 3.05) is 0 Å². The van der Waals surface area contributed by atoms with Crippen LogP contribution >= 0.6 is 0 Å². The number of rotatable bonds is 5. The number of aryl methyl sites for hydroxylation is 2. The molecule has 170 valence electrons. The van der Waals surface area contributed by atoms with Gasteiger partial charge in [0, 0.05) is 0 Å². The van der Waals surface area contributed by atoms with Crippen LogP contribution in [0.25, 0.3) is 64.6 Å². The van der Waals surface area contributed by atoms with E-state index in [1.165, 1.54) is 88.6 Å². The van der Waals surface area contributed by atoms with E-state index in [0.717, 1.165) is 12.8 Å². The van der Waals surface area contributed by atoms with Crippen LogP contribution in [-0.4, -0.2) is 0 Å². The Morgan fingerprint density at radius 2 is 0.639 bits per heavy atom. The van der Waals surface area contributed by atoms with E-state index < -0.39 is 0 Å². The smallest absolute Gasteiger partial charge is 0.00240 e. The van der Waals surface area contributed by atoms with Crippen LogP contribution in [0.2, 0.25) is 0 Å². The first-order valence-electron chi connectivity index (χ1n) is 13.2. The fourth-order valence-electron chi connectivity index (χ4n) is 6.66. The molecule has 36 heavy (non-hydrogen) atoms. The zero-order valence-electron chi connectivity index (χ0n) is 20.2. The van der Waals surface area contributed by atoms with E-state index in [1.807, 2.05) is 0 Å². The summed E-state index contributed by atoms with van der Waals surface area (Å²) >= 11 is 0. The molecule has 0 saturated carbocycles. The second-order valence-electron chi connectivity index (χ2n) is 10.4. The van der Waals surface area contributed by atoms with Crippen LogP contribution in [0.5, 0.6) is 0 Å². The van der Waals surface area contributed by atoms with E-state index in [1.54, 1.807) is 0 Å². The average Bonchev–Trinajstić information content (AvgIpc) is 2.93. The molecule has 0 aromatic heterocycles. The van der Waals surface area contributed by atoms with E-state index in [0.29, 0.717) is 0 Å². The Balaban J connectivity index is 1.10. The summed E-state index contributed by atoms with van der Waals surface area (Å²) in [5.74, 6) is 0. The van der Waals surface area contributed by atoms with Crippen molar-refractivity contribution in [3.05, 3.63) is 120 Å².